The zero-order valence-corrected chi connectivity index (χ0v) is 15.2. The molecule has 5 nitrogen and oxygen atoms in total. The van der Waals surface area contributed by atoms with E-state index in [1.165, 1.54) is 11.8 Å². The first-order chi connectivity index (χ1) is 10.1. The van der Waals surface area contributed by atoms with Gasteiger partial charge in [-0.15, -0.1) is 10.2 Å². The van der Waals surface area contributed by atoms with Crippen molar-refractivity contribution < 1.29 is 4.79 Å². The molecule has 0 radical (unpaired) electrons. The van der Waals surface area contributed by atoms with Gasteiger partial charge in [-0.25, -0.2) is 0 Å². The first-order valence-electron chi connectivity index (χ1n) is 7.34. The van der Waals surface area contributed by atoms with E-state index in [9.17, 15) is 4.79 Å². The SMILES string of the molecule is Cc1nnc(SCC(=O)c2cc(C)n(C(C)(C)C)c2C)n1C. The van der Waals surface area contributed by atoms with Crippen molar-refractivity contribution in [2.75, 3.05) is 5.75 Å². The van der Waals surface area contributed by atoms with Gasteiger partial charge in [0.1, 0.15) is 5.82 Å². The molecule has 2 aromatic heterocycles. The number of ketones is 1. The molecule has 22 heavy (non-hydrogen) atoms. The van der Waals surface area contributed by atoms with Gasteiger partial charge in [0.15, 0.2) is 10.9 Å². The van der Waals surface area contributed by atoms with Crippen molar-refractivity contribution in [1.29, 1.82) is 0 Å². The molecule has 2 aromatic rings. The van der Waals surface area contributed by atoms with Crippen LogP contribution in [-0.4, -0.2) is 30.9 Å². The smallest absolute Gasteiger partial charge is 0.191 e. The molecule has 0 aliphatic carbocycles. The summed E-state index contributed by atoms with van der Waals surface area (Å²) in [6.45, 7) is 12.4. The van der Waals surface area contributed by atoms with Crippen molar-refractivity contribution >= 4 is 17.5 Å². The molecule has 0 N–H and O–H groups in total. The van der Waals surface area contributed by atoms with Crippen LogP contribution >= 0.6 is 11.8 Å². The molecule has 6 heteroatoms. The van der Waals surface area contributed by atoms with Crippen molar-refractivity contribution in [1.82, 2.24) is 19.3 Å². The summed E-state index contributed by atoms with van der Waals surface area (Å²) >= 11 is 1.43. The maximum Gasteiger partial charge on any atom is 0.191 e. The Hall–Kier alpha value is -1.56. The number of carbonyl (C=O) groups excluding carboxylic acids is 1. The number of aromatic nitrogens is 4. The molecule has 120 valence electrons. The van der Waals surface area contributed by atoms with E-state index in [4.69, 9.17) is 0 Å². The summed E-state index contributed by atoms with van der Waals surface area (Å²) in [6.07, 6.45) is 0. The number of thioether (sulfide) groups is 1. The number of hydrogen-bond donors (Lipinski definition) is 0. The van der Waals surface area contributed by atoms with Gasteiger partial charge < -0.3 is 9.13 Å². The molecular weight excluding hydrogens is 296 g/mol. The predicted molar refractivity (Wildman–Crippen MR) is 89.7 cm³/mol. The monoisotopic (exact) mass is 320 g/mol. The molecule has 2 rings (SSSR count). The number of rotatable bonds is 4. The molecule has 2 heterocycles. The highest BCUT2D eigenvalue weighted by atomic mass is 32.2. The second kappa shape index (κ2) is 5.91. The van der Waals surface area contributed by atoms with Gasteiger partial charge in [0.2, 0.25) is 0 Å². The second-order valence-electron chi connectivity index (χ2n) is 6.59. The zero-order chi connectivity index (χ0) is 16.7. The van der Waals surface area contributed by atoms with Gasteiger partial charge in [-0.1, -0.05) is 11.8 Å². The fourth-order valence-electron chi connectivity index (χ4n) is 2.80. The minimum absolute atomic E-state index is 0.0272. The molecule has 0 bridgehead atoms. The number of nitrogens with zero attached hydrogens (tertiary/aromatic N) is 4. The third-order valence-corrected chi connectivity index (χ3v) is 4.81. The normalized spacial score (nSPS) is 12.0. The maximum atomic E-state index is 12.6. The van der Waals surface area contributed by atoms with Crippen LogP contribution < -0.4 is 0 Å². The van der Waals surface area contributed by atoms with E-state index in [0.29, 0.717) is 5.75 Å². The minimum atomic E-state index is -0.0272. The van der Waals surface area contributed by atoms with Crippen LogP contribution in [0.1, 0.15) is 48.3 Å². The van der Waals surface area contributed by atoms with E-state index in [0.717, 1.165) is 27.9 Å². The topological polar surface area (TPSA) is 52.7 Å². The molecule has 0 fully saturated rings. The van der Waals surface area contributed by atoms with Gasteiger partial charge in [0.25, 0.3) is 0 Å². The van der Waals surface area contributed by atoms with Gasteiger partial charge in [0.05, 0.1) is 5.75 Å². The molecule has 0 aliphatic heterocycles. The van der Waals surface area contributed by atoms with Crippen LogP contribution in [0.25, 0.3) is 0 Å². The van der Waals surface area contributed by atoms with Crippen molar-refractivity contribution in [3.8, 4) is 0 Å². The largest absolute Gasteiger partial charge is 0.343 e. The standard InChI is InChI=1S/C16H24N4OS/c1-10-8-13(11(2)20(10)16(4,5)6)14(21)9-22-15-18-17-12(3)19(15)7/h8H,9H2,1-7H3. The zero-order valence-electron chi connectivity index (χ0n) is 14.4. The second-order valence-corrected chi connectivity index (χ2v) is 7.53. The Bertz CT molecular complexity index is 707. The Morgan fingerprint density at radius 1 is 1.23 bits per heavy atom. The Balaban J connectivity index is 2.19. The molecule has 0 aromatic carbocycles. The van der Waals surface area contributed by atoms with Crippen LogP contribution in [0.2, 0.25) is 0 Å². The molecule has 0 aliphatic rings. The van der Waals surface area contributed by atoms with E-state index in [2.05, 4.69) is 35.5 Å². The van der Waals surface area contributed by atoms with Crippen molar-refractivity contribution in [3.05, 3.63) is 28.8 Å². The van der Waals surface area contributed by atoms with E-state index in [1.807, 2.05) is 38.5 Å². The van der Waals surface area contributed by atoms with Gasteiger partial charge in [-0.3, -0.25) is 4.79 Å². The number of aryl methyl sites for hydroxylation is 2. The lowest BCUT2D eigenvalue weighted by Gasteiger charge is -2.25. The number of Topliss-reactive ketones (excluding diaryl/α,β-unsaturated/α-hetero) is 1. The quantitative estimate of drug-likeness (QED) is 0.641. The lowest BCUT2D eigenvalue weighted by molar-refractivity contribution is 0.102. The number of carbonyl (C=O) groups is 1. The Morgan fingerprint density at radius 3 is 2.32 bits per heavy atom. The fourth-order valence-corrected chi connectivity index (χ4v) is 3.64. The van der Waals surface area contributed by atoms with E-state index in [1.54, 1.807) is 0 Å². The van der Waals surface area contributed by atoms with Crippen LogP contribution in [0.5, 0.6) is 0 Å². The summed E-state index contributed by atoms with van der Waals surface area (Å²) in [6, 6.07) is 1.99. The average Bonchev–Trinajstić information content (AvgIpc) is 2.88. The van der Waals surface area contributed by atoms with Crippen molar-refractivity contribution in [2.24, 2.45) is 7.05 Å². The molecule has 0 saturated carbocycles. The van der Waals surface area contributed by atoms with Gasteiger partial charge in [0, 0.05) is 29.5 Å². The molecule has 0 atom stereocenters. The third-order valence-electron chi connectivity index (χ3n) is 3.79. The summed E-state index contributed by atoms with van der Waals surface area (Å²) in [4.78, 5) is 12.6. The van der Waals surface area contributed by atoms with Crippen molar-refractivity contribution in [3.63, 3.8) is 0 Å². The van der Waals surface area contributed by atoms with Crippen LogP contribution in [0, 0.1) is 20.8 Å². The molecule has 0 unspecified atom stereocenters. The molecule has 0 spiro atoms. The highest BCUT2D eigenvalue weighted by Crippen LogP contribution is 2.26. The summed E-state index contributed by atoms with van der Waals surface area (Å²) in [5, 5.41) is 8.87. The van der Waals surface area contributed by atoms with E-state index in [-0.39, 0.29) is 11.3 Å². The van der Waals surface area contributed by atoms with Gasteiger partial charge >= 0.3 is 0 Å². The minimum Gasteiger partial charge on any atom is -0.343 e. The third kappa shape index (κ3) is 3.11. The highest BCUT2D eigenvalue weighted by Gasteiger charge is 2.23. The Morgan fingerprint density at radius 2 is 1.86 bits per heavy atom. The van der Waals surface area contributed by atoms with Crippen molar-refractivity contribution in [2.45, 2.75) is 52.2 Å². The molecule has 0 amide bonds. The van der Waals surface area contributed by atoms with Crippen LogP contribution in [-0.2, 0) is 12.6 Å². The first kappa shape index (κ1) is 16.8. The van der Waals surface area contributed by atoms with Gasteiger partial charge in [-0.2, -0.15) is 0 Å². The van der Waals surface area contributed by atoms with Crippen LogP contribution in [0.15, 0.2) is 11.2 Å². The van der Waals surface area contributed by atoms with E-state index < -0.39 is 0 Å². The van der Waals surface area contributed by atoms with Crippen LogP contribution in [0.4, 0.5) is 0 Å². The van der Waals surface area contributed by atoms with E-state index >= 15 is 0 Å². The number of hydrogen-bond acceptors (Lipinski definition) is 4. The molecule has 0 saturated heterocycles. The Labute approximate surface area is 136 Å². The predicted octanol–water partition coefficient (Wildman–Crippen LogP) is 3.27. The van der Waals surface area contributed by atoms with Crippen LogP contribution in [0.3, 0.4) is 0 Å². The van der Waals surface area contributed by atoms with Gasteiger partial charge in [-0.05, 0) is 47.6 Å². The summed E-state index contributed by atoms with van der Waals surface area (Å²) in [5.41, 5.74) is 2.93. The summed E-state index contributed by atoms with van der Waals surface area (Å²) < 4.78 is 4.12. The summed E-state index contributed by atoms with van der Waals surface area (Å²) in [5.74, 6) is 1.36. The molecular formula is C16H24N4OS. The highest BCUT2D eigenvalue weighted by molar-refractivity contribution is 7.99. The first-order valence-corrected chi connectivity index (χ1v) is 8.33. The maximum absolute atomic E-state index is 12.6. The lowest BCUT2D eigenvalue weighted by Crippen LogP contribution is -2.24. The summed E-state index contributed by atoms with van der Waals surface area (Å²) in [7, 11) is 1.91. The lowest BCUT2D eigenvalue weighted by atomic mass is 10.1. The fraction of sp³-hybridized carbons (Fsp3) is 0.562. The average molecular weight is 320 g/mol. The Kier molecular flexibility index (Phi) is 4.52.